The third-order valence-electron chi connectivity index (χ3n) is 6.44. The van der Waals surface area contributed by atoms with E-state index < -0.39 is 35.2 Å². The summed E-state index contributed by atoms with van der Waals surface area (Å²) in [6.45, 7) is 13.0. The average Bonchev–Trinajstić information content (AvgIpc) is 3.50. The maximum atomic E-state index is 12.9. The normalized spacial score (nSPS) is 19.6. The summed E-state index contributed by atoms with van der Waals surface area (Å²) in [6, 6.07) is 3.91. The molecule has 0 bridgehead atoms. The molecule has 2 saturated heterocycles. The topological polar surface area (TPSA) is 112 Å². The lowest BCUT2D eigenvalue weighted by Gasteiger charge is -2.27. The molecular weight excluding hydrogens is 504 g/mol. The first-order chi connectivity index (χ1) is 18.2. The Kier molecular flexibility index (Phi) is 9.51. The highest BCUT2D eigenvalue weighted by Gasteiger charge is 2.38. The largest absolute Gasteiger partial charge is 0.483 e. The van der Waals surface area contributed by atoms with Crippen LogP contribution in [0, 0.1) is 6.92 Å². The average molecular weight is 547 g/mol. The van der Waals surface area contributed by atoms with Crippen molar-refractivity contribution in [3.63, 3.8) is 0 Å². The lowest BCUT2D eigenvalue weighted by Crippen LogP contribution is -2.45. The van der Waals surface area contributed by atoms with Crippen LogP contribution in [0.15, 0.2) is 18.2 Å². The number of carbonyl (C=O) groups excluding carboxylic acids is 4. The Morgan fingerprint density at radius 3 is 1.49 bits per heavy atom. The lowest BCUT2D eigenvalue weighted by atomic mass is 10.1. The van der Waals surface area contributed by atoms with Crippen molar-refractivity contribution in [3.05, 3.63) is 23.8 Å². The van der Waals surface area contributed by atoms with E-state index >= 15 is 0 Å². The van der Waals surface area contributed by atoms with Crippen LogP contribution in [0.25, 0.3) is 0 Å². The van der Waals surface area contributed by atoms with Gasteiger partial charge in [-0.1, -0.05) is 6.07 Å². The molecule has 0 aliphatic carbocycles. The lowest BCUT2D eigenvalue weighted by molar-refractivity contribution is -0.164. The van der Waals surface area contributed by atoms with Crippen LogP contribution in [0.3, 0.4) is 0 Å². The Hall–Kier alpha value is -3.30. The number of hydrogen-bond donors (Lipinski definition) is 0. The Bertz CT molecular complexity index is 992. The minimum Gasteiger partial charge on any atom is -0.483 e. The maximum Gasteiger partial charge on any atom is 0.329 e. The molecule has 2 amide bonds. The van der Waals surface area contributed by atoms with Crippen LogP contribution in [-0.2, 0) is 28.7 Å². The molecule has 39 heavy (non-hydrogen) atoms. The molecule has 2 unspecified atom stereocenters. The second-order valence-electron chi connectivity index (χ2n) is 12.0. The SMILES string of the molecule is Cc1c(OCC(=O)N2CCCC2C(=O)OC(C)(C)C)cccc1OCC(=O)N1CCCC1C(=O)OC(C)(C)C. The summed E-state index contributed by atoms with van der Waals surface area (Å²) < 4.78 is 22.6. The number of hydrogen-bond acceptors (Lipinski definition) is 8. The van der Waals surface area contributed by atoms with Gasteiger partial charge in [-0.2, -0.15) is 0 Å². The summed E-state index contributed by atoms with van der Waals surface area (Å²) in [5.41, 5.74) is -0.627. The van der Waals surface area contributed by atoms with Crippen LogP contribution in [0.4, 0.5) is 0 Å². The monoisotopic (exact) mass is 546 g/mol. The minimum absolute atomic E-state index is 0.242. The minimum atomic E-state index is -0.630. The van der Waals surface area contributed by atoms with Gasteiger partial charge in [0.05, 0.1) is 0 Å². The highest BCUT2D eigenvalue weighted by molar-refractivity contribution is 5.87. The Labute approximate surface area is 230 Å². The van der Waals surface area contributed by atoms with Gasteiger partial charge in [-0.3, -0.25) is 9.59 Å². The van der Waals surface area contributed by atoms with Gasteiger partial charge in [0.15, 0.2) is 13.2 Å². The third-order valence-corrected chi connectivity index (χ3v) is 6.44. The Morgan fingerprint density at radius 1 is 0.744 bits per heavy atom. The van der Waals surface area contributed by atoms with Gasteiger partial charge in [-0.25, -0.2) is 9.59 Å². The highest BCUT2D eigenvalue weighted by atomic mass is 16.6. The molecule has 2 atom stereocenters. The Morgan fingerprint density at radius 2 is 1.13 bits per heavy atom. The quantitative estimate of drug-likeness (QED) is 0.456. The molecule has 10 heteroatoms. The van der Waals surface area contributed by atoms with Crippen molar-refractivity contribution in [2.75, 3.05) is 26.3 Å². The summed E-state index contributed by atoms with van der Waals surface area (Å²) in [5, 5.41) is 0. The van der Waals surface area contributed by atoms with E-state index in [4.69, 9.17) is 18.9 Å². The molecule has 10 nitrogen and oxygen atoms in total. The molecule has 216 valence electrons. The predicted octanol–water partition coefficient (Wildman–Crippen LogP) is 3.42. The van der Waals surface area contributed by atoms with E-state index in [2.05, 4.69) is 0 Å². The number of nitrogens with zero attached hydrogens (tertiary/aromatic N) is 2. The van der Waals surface area contributed by atoms with E-state index in [1.165, 1.54) is 9.80 Å². The zero-order valence-electron chi connectivity index (χ0n) is 24.2. The van der Waals surface area contributed by atoms with Crippen LogP contribution in [0.1, 0.15) is 72.8 Å². The van der Waals surface area contributed by atoms with Crippen molar-refractivity contribution in [3.8, 4) is 11.5 Å². The molecule has 0 N–H and O–H groups in total. The predicted molar refractivity (Wildman–Crippen MR) is 143 cm³/mol. The summed E-state index contributed by atoms with van der Waals surface area (Å²) in [6.07, 6.45) is 2.56. The van der Waals surface area contributed by atoms with E-state index in [0.29, 0.717) is 43.0 Å². The molecule has 0 radical (unpaired) electrons. The molecular formula is C29H42N2O8. The first-order valence-corrected chi connectivity index (χ1v) is 13.6. The second-order valence-corrected chi connectivity index (χ2v) is 12.0. The summed E-state index contributed by atoms with van der Waals surface area (Å²) in [4.78, 5) is 54.0. The van der Waals surface area contributed by atoms with E-state index in [1.807, 2.05) is 0 Å². The van der Waals surface area contributed by atoms with E-state index in [9.17, 15) is 19.2 Å². The molecule has 3 rings (SSSR count). The van der Waals surface area contributed by atoms with Crippen molar-refractivity contribution >= 4 is 23.8 Å². The van der Waals surface area contributed by atoms with E-state index in [1.54, 1.807) is 66.7 Å². The first kappa shape index (κ1) is 30.2. The number of amides is 2. The number of likely N-dealkylation sites (tertiary alicyclic amines) is 2. The smallest absolute Gasteiger partial charge is 0.329 e. The molecule has 2 heterocycles. The van der Waals surface area contributed by atoms with Gasteiger partial charge in [0, 0.05) is 18.7 Å². The number of carbonyl (C=O) groups is 4. The molecule has 0 spiro atoms. The van der Waals surface area contributed by atoms with E-state index in [0.717, 1.165) is 12.8 Å². The Balaban J connectivity index is 1.56. The molecule has 2 fully saturated rings. The maximum absolute atomic E-state index is 12.9. The summed E-state index contributed by atoms with van der Waals surface area (Å²) in [7, 11) is 0. The van der Waals surface area contributed by atoms with Crippen LogP contribution >= 0.6 is 0 Å². The zero-order valence-corrected chi connectivity index (χ0v) is 24.2. The van der Waals surface area contributed by atoms with Gasteiger partial charge in [0.25, 0.3) is 11.8 Å². The van der Waals surface area contributed by atoms with Gasteiger partial charge in [0.2, 0.25) is 0 Å². The third kappa shape index (κ3) is 8.34. The van der Waals surface area contributed by atoms with Gasteiger partial charge < -0.3 is 28.7 Å². The molecule has 2 aliphatic rings. The van der Waals surface area contributed by atoms with Gasteiger partial charge in [0.1, 0.15) is 34.8 Å². The van der Waals surface area contributed by atoms with Crippen molar-refractivity contribution in [2.45, 2.75) is 97.4 Å². The first-order valence-electron chi connectivity index (χ1n) is 13.6. The molecule has 0 saturated carbocycles. The van der Waals surface area contributed by atoms with Gasteiger partial charge in [-0.05, 0) is 86.3 Å². The van der Waals surface area contributed by atoms with Gasteiger partial charge in [-0.15, -0.1) is 0 Å². The summed E-state index contributed by atoms with van der Waals surface area (Å²) in [5.74, 6) is -0.533. The zero-order chi connectivity index (χ0) is 29.0. The standard InChI is InChI=1S/C29H42N2O8/c1-19-22(36-17-24(32)30-15-9-11-20(30)26(34)38-28(2,3)4)13-8-14-23(19)37-18-25(33)31-16-10-12-21(31)27(35)39-29(5,6)7/h8,13-14,20-21H,9-12,15-18H2,1-7H3. The fourth-order valence-corrected chi connectivity index (χ4v) is 4.71. The van der Waals surface area contributed by atoms with E-state index in [-0.39, 0.29) is 25.0 Å². The number of esters is 2. The van der Waals surface area contributed by atoms with Crippen LogP contribution in [0.5, 0.6) is 11.5 Å². The van der Waals surface area contributed by atoms with Crippen LogP contribution in [0.2, 0.25) is 0 Å². The fraction of sp³-hybridized carbons (Fsp3) is 0.655. The van der Waals surface area contributed by atoms with Crippen molar-refractivity contribution in [1.82, 2.24) is 9.80 Å². The molecule has 1 aromatic rings. The van der Waals surface area contributed by atoms with Crippen molar-refractivity contribution in [1.29, 1.82) is 0 Å². The highest BCUT2D eigenvalue weighted by Crippen LogP contribution is 2.29. The number of rotatable bonds is 8. The summed E-state index contributed by atoms with van der Waals surface area (Å²) >= 11 is 0. The van der Waals surface area contributed by atoms with Crippen LogP contribution < -0.4 is 9.47 Å². The van der Waals surface area contributed by atoms with Crippen molar-refractivity contribution < 1.29 is 38.1 Å². The van der Waals surface area contributed by atoms with Crippen LogP contribution in [-0.4, -0.2) is 83.1 Å². The molecule has 0 aromatic heterocycles. The molecule has 1 aromatic carbocycles. The van der Waals surface area contributed by atoms with Gasteiger partial charge >= 0.3 is 11.9 Å². The second kappa shape index (κ2) is 12.3. The fourth-order valence-electron chi connectivity index (χ4n) is 4.71. The number of ether oxygens (including phenoxy) is 4. The van der Waals surface area contributed by atoms with Crippen molar-refractivity contribution in [2.24, 2.45) is 0 Å². The number of benzene rings is 1. The molecule has 2 aliphatic heterocycles.